The maximum absolute atomic E-state index is 4.50. The molecule has 0 radical (unpaired) electrons. The van der Waals surface area contributed by atoms with E-state index in [1.165, 1.54) is 27.8 Å². The molecule has 0 bridgehead atoms. The van der Waals surface area contributed by atoms with Gasteiger partial charge in [-0.25, -0.2) is 0 Å². The van der Waals surface area contributed by atoms with Gasteiger partial charge in [0.25, 0.3) is 0 Å². The highest BCUT2D eigenvalue weighted by Crippen LogP contribution is 2.31. The average Bonchev–Trinajstić information content (AvgIpc) is 2.96. The van der Waals surface area contributed by atoms with Gasteiger partial charge in [-0.3, -0.25) is 5.43 Å². The van der Waals surface area contributed by atoms with E-state index in [1.807, 2.05) is 6.21 Å². The first-order chi connectivity index (χ1) is 11.6. The number of nitrogens with one attached hydrogen (secondary N) is 1. The minimum absolute atomic E-state index is 0.357. The lowest BCUT2D eigenvalue weighted by Crippen LogP contribution is -2.01. The summed E-state index contributed by atoms with van der Waals surface area (Å²) in [5, 5.41) is 4.50. The topological polar surface area (TPSA) is 24.4 Å². The normalized spacial score (nSPS) is 16.7. The summed E-state index contributed by atoms with van der Waals surface area (Å²) in [7, 11) is 0. The Hall–Kier alpha value is -2.61. The van der Waals surface area contributed by atoms with Gasteiger partial charge in [0.15, 0.2) is 0 Å². The van der Waals surface area contributed by atoms with Crippen molar-refractivity contribution in [2.24, 2.45) is 5.10 Å². The molecule has 24 heavy (non-hydrogen) atoms. The van der Waals surface area contributed by atoms with Crippen molar-refractivity contribution < 1.29 is 0 Å². The van der Waals surface area contributed by atoms with Crippen LogP contribution in [0.1, 0.15) is 40.7 Å². The molecule has 1 atom stereocenters. The Morgan fingerprint density at radius 2 is 1.71 bits per heavy atom. The number of nitrogens with zero attached hydrogens (tertiary/aromatic N) is 1. The number of hydrogen-bond acceptors (Lipinski definition) is 2. The number of aryl methyl sites for hydroxylation is 3. The Bertz CT molecular complexity index is 818. The molecule has 0 spiro atoms. The van der Waals surface area contributed by atoms with Gasteiger partial charge in [0.1, 0.15) is 0 Å². The van der Waals surface area contributed by atoms with Crippen molar-refractivity contribution in [3.8, 4) is 0 Å². The summed E-state index contributed by atoms with van der Waals surface area (Å²) in [5.41, 5.74) is 11.8. The number of hydrogen-bond donors (Lipinski definition) is 1. The molecule has 122 valence electrons. The lowest BCUT2D eigenvalue weighted by atomic mass is 9.91. The van der Waals surface area contributed by atoms with E-state index in [0.717, 1.165) is 11.3 Å². The van der Waals surface area contributed by atoms with E-state index in [9.17, 15) is 0 Å². The Morgan fingerprint density at radius 3 is 2.38 bits per heavy atom. The van der Waals surface area contributed by atoms with Gasteiger partial charge in [-0.05, 0) is 49.9 Å². The van der Waals surface area contributed by atoms with E-state index >= 15 is 0 Å². The highest BCUT2D eigenvalue weighted by molar-refractivity contribution is 5.83. The standard InChI is InChI=1S/C22H24N2/c1-15-12-17(3)22(18(4)13-15)24-23-14-19-9-5-6-10-21(19)20-11-7-8-16(20)2/h5-14,20,24H,1-4H3. The number of benzene rings is 2. The smallest absolute Gasteiger partial charge is 0.0620 e. The summed E-state index contributed by atoms with van der Waals surface area (Å²) in [4.78, 5) is 0. The summed E-state index contributed by atoms with van der Waals surface area (Å²) in [5.74, 6) is 0.357. The third-order valence-electron chi connectivity index (χ3n) is 4.54. The molecule has 2 heteroatoms. The molecule has 1 aliphatic carbocycles. The third kappa shape index (κ3) is 3.33. The zero-order valence-electron chi connectivity index (χ0n) is 14.8. The molecule has 1 unspecified atom stereocenters. The summed E-state index contributed by atoms with van der Waals surface area (Å²) in [6, 6.07) is 12.8. The van der Waals surface area contributed by atoms with Crippen LogP contribution < -0.4 is 5.43 Å². The van der Waals surface area contributed by atoms with Gasteiger partial charge in [0, 0.05) is 5.92 Å². The second kappa shape index (κ2) is 6.88. The Balaban J connectivity index is 1.84. The predicted octanol–water partition coefficient (Wildman–Crippen LogP) is 5.66. The summed E-state index contributed by atoms with van der Waals surface area (Å²) in [6.45, 7) is 8.52. The molecule has 0 saturated carbocycles. The maximum Gasteiger partial charge on any atom is 0.0620 e. The third-order valence-corrected chi connectivity index (χ3v) is 4.54. The molecule has 0 amide bonds. The van der Waals surface area contributed by atoms with Gasteiger partial charge in [-0.15, -0.1) is 0 Å². The van der Waals surface area contributed by atoms with Crippen LogP contribution in [0.4, 0.5) is 5.69 Å². The van der Waals surface area contributed by atoms with Gasteiger partial charge in [-0.2, -0.15) is 5.10 Å². The first kappa shape index (κ1) is 16.3. The first-order valence-corrected chi connectivity index (χ1v) is 8.37. The molecule has 0 saturated heterocycles. The zero-order valence-corrected chi connectivity index (χ0v) is 14.8. The molecule has 1 N–H and O–H groups in total. The number of allylic oxidation sites excluding steroid dienone is 4. The quantitative estimate of drug-likeness (QED) is 0.571. The van der Waals surface area contributed by atoms with Crippen molar-refractivity contribution >= 4 is 11.9 Å². The van der Waals surface area contributed by atoms with E-state index in [-0.39, 0.29) is 0 Å². The fourth-order valence-electron chi connectivity index (χ4n) is 3.36. The lowest BCUT2D eigenvalue weighted by Gasteiger charge is -2.14. The van der Waals surface area contributed by atoms with Gasteiger partial charge in [-0.1, -0.05) is 65.8 Å². The largest absolute Gasteiger partial charge is 0.278 e. The molecule has 0 fully saturated rings. The molecule has 2 aromatic rings. The Kier molecular flexibility index (Phi) is 4.66. The lowest BCUT2D eigenvalue weighted by molar-refractivity contribution is 1.01. The summed E-state index contributed by atoms with van der Waals surface area (Å²) in [6.07, 6.45) is 8.47. The highest BCUT2D eigenvalue weighted by Gasteiger charge is 2.15. The minimum atomic E-state index is 0.357. The number of rotatable bonds is 4. The second-order valence-corrected chi connectivity index (χ2v) is 6.55. The van der Waals surface area contributed by atoms with Crippen LogP contribution in [0.3, 0.4) is 0 Å². The van der Waals surface area contributed by atoms with Crippen molar-refractivity contribution in [3.05, 3.63) is 88.0 Å². The number of hydrazone groups is 1. The molecule has 0 aromatic heterocycles. The molecule has 0 aliphatic heterocycles. The summed E-state index contributed by atoms with van der Waals surface area (Å²) >= 11 is 0. The fourth-order valence-corrected chi connectivity index (χ4v) is 3.36. The molecular weight excluding hydrogens is 292 g/mol. The van der Waals surface area contributed by atoms with Crippen molar-refractivity contribution in [2.75, 3.05) is 5.43 Å². The van der Waals surface area contributed by atoms with Crippen LogP contribution in [0.25, 0.3) is 0 Å². The van der Waals surface area contributed by atoms with Crippen LogP contribution in [0.5, 0.6) is 0 Å². The van der Waals surface area contributed by atoms with Gasteiger partial charge in [0.2, 0.25) is 0 Å². The van der Waals surface area contributed by atoms with Crippen LogP contribution in [0.15, 0.2) is 65.3 Å². The van der Waals surface area contributed by atoms with Crippen LogP contribution in [0, 0.1) is 20.8 Å². The van der Waals surface area contributed by atoms with Gasteiger partial charge >= 0.3 is 0 Å². The highest BCUT2D eigenvalue weighted by atomic mass is 15.3. The second-order valence-electron chi connectivity index (χ2n) is 6.55. The van der Waals surface area contributed by atoms with E-state index in [1.54, 1.807) is 0 Å². The van der Waals surface area contributed by atoms with Crippen molar-refractivity contribution in [3.63, 3.8) is 0 Å². The Morgan fingerprint density at radius 1 is 1.00 bits per heavy atom. The predicted molar refractivity (Wildman–Crippen MR) is 104 cm³/mol. The molecule has 2 nitrogen and oxygen atoms in total. The molecule has 3 rings (SSSR count). The van der Waals surface area contributed by atoms with Gasteiger partial charge < -0.3 is 0 Å². The fraction of sp³-hybridized carbons (Fsp3) is 0.227. The van der Waals surface area contributed by atoms with E-state index in [4.69, 9.17) is 0 Å². The first-order valence-electron chi connectivity index (χ1n) is 8.37. The molecule has 1 aliphatic rings. The molecular formula is C22H24N2. The summed E-state index contributed by atoms with van der Waals surface area (Å²) < 4.78 is 0. The van der Waals surface area contributed by atoms with Crippen LogP contribution >= 0.6 is 0 Å². The monoisotopic (exact) mass is 316 g/mol. The maximum atomic E-state index is 4.50. The Labute approximate surface area is 144 Å². The van der Waals surface area contributed by atoms with Crippen molar-refractivity contribution in [1.29, 1.82) is 0 Å². The minimum Gasteiger partial charge on any atom is -0.278 e. The zero-order chi connectivity index (χ0) is 17.1. The SMILES string of the molecule is CC1=CC=CC1c1ccccc1C=NNc1c(C)cc(C)cc1C. The van der Waals surface area contributed by atoms with E-state index in [2.05, 4.69) is 92.8 Å². The van der Waals surface area contributed by atoms with Gasteiger partial charge in [0.05, 0.1) is 11.9 Å². The number of anilines is 1. The van der Waals surface area contributed by atoms with Crippen LogP contribution in [-0.2, 0) is 0 Å². The molecule has 2 aromatic carbocycles. The van der Waals surface area contributed by atoms with E-state index in [0.29, 0.717) is 5.92 Å². The van der Waals surface area contributed by atoms with E-state index < -0.39 is 0 Å². The van der Waals surface area contributed by atoms with Crippen molar-refractivity contribution in [1.82, 2.24) is 0 Å². The van der Waals surface area contributed by atoms with Crippen LogP contribution in [-0.4, -0.2) is 6.21 Å². The molecule has 0 heterocycles. The van der Waals surface area contributed by atoms with Crippen LogP contribution in [0.2, 0.25) is 0 Å². The average molecular weight is 316 g/mol. The van der Waals surface area contributed by atoms with Crippen molar-refractivity contribution in [2.45, 2.75) is 33.6 Å².